The van der Waals surface area contributed by atoms with Crippen LogP contribution in [-0.4, -0.2) is 42.9 Å². The summed E-state index contributed by atoms with van der Waals surface area (Å²) in [7, 11) is -3.70. The first-order chi connectivity index (χ1) is 14.7. The number of aryl methyl sites for hydroxylation is 1. The van der Waals surface area contributed by atoms with Crippen LogP contribution in [0.25, 0.3) is 0 Å². The van der Waals surface area contributed by atoms with Crippen LogP contribution in [0.1, 0.15) is 25.3 Å². The third kappa shape index (κ3) is 4.63. The summed E-state index contributed by atoms with van der Waals surface area (Å²) >= 11 is 1.41. The molecule has 0 spiro atoms. The Balaban J connectivity index is 1.41. The molecule has 0 saturated carbocycles. The van der Waals surface area contributed by atoms with Gasteiger partial charge >= 0.3 is 0 Å². The standard InChI is InChI=1S/C22H25N3O4S2/c1-14-3-5-17(6-4-14)23-22(27)16-9-11-25(12-10-16)31(28,29)18-7-8-20-19(13-18)24-21(26)15(2)30-20/h3-8,13,15-16H,9-12H2,1-2H3,(H,23,27)(H,24,26)/t15-/m1/s1. The molecule has 0 aromatic heterocycles. The number of carbonyl (C=O) groups is 2. The Morgan fingerprint density at radius 3 is 2.48 bits per heavy atom. The van der Waals surface area contributed by atoms with E-state index in [4.69, 9.17) is 0 Å². The fourth-order valence-corrected chi connectivity index (χ4v) is 6.16. The average molecular weight is 460 g/mol. The molecule has 2 aromatic rings. The van der Waals surface area contributed by atoms with Crippen molar-refractivity contribution < 1.29 is 18.0 Å². The molecule has 2 heterocycles. The minimum Gasteiger partial charge on any atom is -0.326 e. The molecule has 2 N–H and O–H groups in total. The number of piperidine rings is 1. The van der Waals surface area contributed by atoms with E-state index in [9.17, 15) is 18.0 Å². The van der Waals surface area contributed by atoms with E-state index < -0.39 is 10.0 Å². The molecular weight excluding hydrogens is 434 g/mol. The maximum absolute atomic E-state index is 13.1. The van der Waals surface area contributed by atoms with Crippen LogP contribution in [0.5, 0.6) is 0 Å². The SMILES string of the molecule is Cc1ccc(NC(=O)C2CCN(S(=O)(=O)c3ccc4c(c3)NC(=O)[C@@H](C)S4)CC2)cc1. The molecule has 7 nitrogen and oxygen atoms in total. The second-order valence-electron chi connectivity index (χ2n) is 7.94. The smallest absolute Gasteiger partial charge is 0.243 e. The third-order valence-electron chi connectivity index (χ3n) is 5.66. The first kappa shape index (κ1) is 21.9. The van der Waals surface area contributed by atoms with Gasteiger partial charge in [0.15, 0.2) is 0 Å². The number of amides is 2. The van der Waals surface area contributed by atoms with Gasteiger partial charge < -0.3 is 10.6 Å². The molecule has 1 atom stereocenters. The minimum absolute atomic E-state index is 0.0801. The quantitative estimate of drug-likeness (QED) is 0.730. The number of nitrogens with zero attached hydrogens (tertiary/aromatic N) is 1. The van der Waals surface area contributed by atoms with Gasteiger partial charge in [0.25, 0.3) is 0 Å². The van der Waals surface area contributed by atoms with Gasteiger partial charge in [0, 0.05) is 29.6 Å². The minimum atomic E-state index is -3.70. The monoisotopic (exact) mass is 459 g/mol. The Labute approximate surface area is 186 Å². The lowest BCUT2D eigenvalue weighted by molar-refractivity contribution is -0.121. The number of fused-ring (bicyclic) bond motifs is 1. The van der Waals surface area contributed by atoms with E-state index in [0.29, 0.717) is 18.5 Å². The lowest BCUT2D eigenvalue weighted by Gasteiger charge is -2.31. The second kappa shape index (κ2) is 8.64. The molecule has 164 valence electrons. The zero-order valence-electron chi connectivity index (χ0n) is 17.4. The number of thioether (sulfide) groups is 1. The summed E-state index contributed by atoms with van der Waals surface area (Å²) in [4.78, 5) is 25.5. The highest BCUT2D eigenvalue weighted by molar-refractivity contribution is 8.01. The van der Waals surface area contributed by atoms with E-state index >= 15 is 0 Å². The molecule has 1 saturated heterocycles. The molecule has 2 aliphatic heterocycles. The Morgan fingerprint density at radius 2 is 1.81 bits per heavy atom. The summed E-state index contributed by atoms with van der Waals surface area (Å²) in [6, 6.07) is 12.4. The van der Waals surface area contributed by atoms with Crippen LogP contribution in [0.15, 0.2) is 52.3 Å². The van der Waals surface area contributed by atoms with Gasteiger partial charge in [-0.3, -0.25) is 9.59 Å². The number of rotatable bonds is 4. The van der Waals surface area contributed by atoms with Gasteiger partial charge in [-0.2, -0.15) is 4.31 Å². The van der Waals surface area contributed by atoms with Gasteiger partial charge in [0.05, 0.1) is 15.8 Å². The van der Waals surface area contributed by atoms with Crippen molar-refractivity contribution in [2.45, 2.75) is 41.7 Å². The van der Waals surface area contributed by atoms with Crippen molar-refractivity contribution in [1.82, 2.24) is 4.31 Å². The topological polar surface area (TPSA) is 95.6 Å². The van der Waals surface area contributed by atoms with Gasteiger partial charge in [-0.25, -0.2) is 8.42 Å². The highest BCUT2D eigenvalue weighted by Gasteiger charge is 2.33. The molecular formula is C22H25N3O4S2. The van der Waals surface area contributed by atoms with Crippen LogP contribution in [0, 0.1) is 12.8 Å². The van der Waals surface area contributed by atoms with Crippen LogP contribution < -0.4 is 10.6 Å². The summed E-state index contributed by atoms with van der Waals surface area (Å²) in [6.07, 6.45) is 0.929. The van der Waals surface area contributed by atoms with Gasteiger partial charge in [0.2, 0.25) is 21.8 Å². The number of carbonyl (C=O) groups excluding carboxylic acids is 2. The molecule has 0 bridgehead atoms. The summed E-state index contributed by atoms with van der Waals surface area (Å²) in [5.41, 5.74) is 2.39. The van der Waals surface area contributed by atoms with E-state index in [0.717, 1.165) is 16.1 Å². The second-order valence-corrected chi connectivity index (χ2v) is 11.3. The lowest BCUT2D eigenvalue weighted by atomic mass is 9.97. The summed E-state index contributed by atoms with van der Waals surface area (Å²) < 4.78 is 27.7. The van der Waals surface area contributed by atoms with Gasteiger partial charge in [-0.05, 0) is 57.0 Å². The highest BCUT2D eigenvalue weighted by Crippen LogP contribution is 2.37. The first-order valence-electron chi connectivity index (χ1n) is 10.2. The predicted octanol–water partition coefficient (Wildman–Crippen LogP) is 3.47. The Hall–Kier alpha value is -2.36. The predicted molar refractivity (Wildman–Crippen MR) is 122 cm³/mol. The largest absolute Gasteiger partial charge is 0.326 e. The normalized spacial score (nSPS) is 20.1. The van der Waals surface area contributed by atoms with E-state index in [1.54, 1.807) is 12.1 Å². The van der Waals surface area contributed by atoms with Crippen LogP contribution in [0.2, 0.25) is 0 Å². The molecule has 0 unspecified atom stereocenters. The molecule has 1 fully saturated rings. The zero-order valence-corrected chi connectivity index (χ0v) is 19.1. The van der Waals surface area contributed by atoms with Crippen molar-refractivity contribution in [2.24, 2.45) is 5.92 Å². The van der Waals surface area contributed by atoms with Crippen molar-refractivity contribution in [2.75, 3.05) is 23.7 Å². The van der Waals surface area contributed by atoms with Gasteiger partial charge in [0.1, 0.15) is 0 Å². The number of hydrogen-bond donors (Lipinski definition) is 2. The number of hydrogen-bond acceptors (Lipinski definition) is 5. The van der Waals surface area contributed by atoms with E-state index in [1.165, 1.54) is 22.1 Å². The Kier molecular flexibility index (Phi) is 6.09. The number of sulfonamides is 1. The van der Waals surface area contributed by atoms with Crippen molar-refractivity contribution in [3.05, 3.63) is 48.0 Å². The van der Waals surface area contributed by atoms with Crippen LogP contribution >= 0.6 is 11.8 Å². The zero-order chi connectivity index (χ0) is 22.2. The summed E-state index contributed by atoms with van der Waals surface area (Å²) in [6.45, 7) is 4.36. The molecule has 2 aromatic carbocycles. The number of nitrogens with one attached hydrogen (secondary N) is 2. The number of anilines is 2. The molecule has 2 amide bonds. The Bertz CT molecular complexity index is 1110. The highest BCUT2D eigenvalue weighted by atomic mass is 32.2. The van der Waals surface area contributed by atoms with Gasteiger partial charge in [-0.15, -0.1) is 11.8 Å². The molecule has 0 radical (unpaired) electrons. The third-order valence-corrected chi connectivity index (χ3v) is 8.74. The molecule has 31 heavy (non-hydrogen) atoms. The summed E-state index contributed by atoms with van der Waals surface area (Å²) in [5, 5.41) is 5.49. The van der Waals surface area contributed by atoms with E-state index in [1.807, 2.05) is 38.1 Å². The lowest BCUT2D eigenvalue weighted by Crippen LogP contribution is -2.41. The molecule has 2 aliphatic rings. The van der Waals surface area contributed by atoms with Crippen molar-refractivity contribution in [3.63, 3.8) is 0 Å². The fraction of sp³-hybridized carbons (Fsp3) is 0.364. The van der Waals surface area contributed by atoms with Crippen LogP contribution in [0.4, 0.5) is 11.4 Å². The molecule has 9 heteroatoms. The average Bonchev–Trinajstić information content (AvgIpc) is 2.76. The van der Waals surface area contributed by atoms with Crippen LogP contribution in [0.3, 0.4) is 0 Å². The van der Waals surface area contributed by atoms with Gasteiger partial charge in [-0.1, -0.05) is 17.7 Å². The maximum Gasteiger partial charge on any atom is 0.243 e. The Morgan fingerprint density at radius 1 is 1.13 bits per heavy atom. The van der Waals surface area contributed by atoms with Crippen molar-refractivity contribution in [3.8, 4) is 0 Å². The number of benzene rings is 2. The fourth-order valence-electron chi connectivity index (χ4n) is 3.74. The van der Waals surface area contributed by atoms with Crippen LogP contribution in [-0.2, 0) is 19.6 Å². The maximum atomic E-state index is 13.1. The van der Waals surface area contributed by atoms with Crippen molar-refractivity contribution >= 4 is 45.0 Å². The van der Waals surface area contributed by atoms with Crippen molar-refractivity contribution in [1.29, 1.82) is 0 Å². The van der Waals surface area contributed by atoms with E-state index in [2.05, 4.69) is 10.6 Å². The first-order valence-corrected chi connectivity index (χ1v) is 12.6. The molecule has 4 rings (SSSR count). The summed E-state index contributed by atoms with van der Waals surface area (Å²) in [5.74, 6) is -0.440. The molecule has 0 aliphatic carbocycles. The van der Waals surface area contributed by atoms with E-state index in [-0.39, 0.29) is 41.0 Å².